The fourth-order valence-electron chi connectivity index (χ4n) is 1.99. The Bertz CT molecular complexity index is 370. The second-order valence-corrected chi connectivity index (χ2v) is 4.18. The zero-order valence-electron chi connectivity index (χ0n) is 10.1. The van der Waals surface area contributed by atoms with E-state index in [-0.39, 0.29) is 5.69 Å². The van der Waals surface area contributed by atoms with Gasteiger partial charge in [-0.05, 0) is 32.9 Å². The topological polar surface area (TPSA) is 55.6 Å². The van der Waals surface area contributed by atoms with Gasteiger partial charge in [-0.25, -0.2) is 9.78 Å². The minimum absolute atomic E-state index is 0.263. The van der Waals surface area contributed by atoms with Gasteiger partial charge in [0.2, 0.25) is 5.89 Å². The molecule has 0 spiro atoms. The molecule has 1 saturated heterocycles. The molecular formula is C12H18N2O3. The van der Waals surface area contributed by atoms with Gasteiger partial charge in [-0.1, -0.05) is 6.42 Å². The van der Waals surface area contributed by atoms with Gasteiger partial charge >= 0.3 is 5.97 Å². The van der Waals surface area contributed by atoms with E-state index in [0.717, 1.165) is 13.1 Å². The molecule has 17 heavy (non-hydrogen) atoms. The summed E-state index contributed by atoms with van der Waals surface area (Å²) >= 11 is 0. The monoisotopic (exact) mass is 238 g/mol. The predicted octanol–water partition coefficient (Wildman–Crippen LogP) is 1.84. The van der Waals surface area contributed by atoms with Crippen molar-refractivity contribution >= 4 is 5.97 Å². The highest BCUT2D eigenvalue weighted by atomic mass is 16.5. The van der Waals surface area contributed by atoms with Crippen molar-refractivity contribution in [3.63, 3.8) is 0 Å². The first-order chi connectivity index (χ1) is 8.29. The third-order valence-electron chi connectivity index (χ3n) is 2.84. The smallest absolute Gasteiger partial charge is 0.360 e. The number of aromatic nitrogens is 1. The van der Waals surface area contributed by atoms with Crippen LogP contribution in [-0.4, -0.2) is 35.5 Å². The molecule has 94 valence electrons. The number of oxazole rings is 1. The van der Waals surface area contributed by atoms with Crippen molar-refractivity contribution in [3.05, 3.63) is 17.8 Å². The molecule has 2 heterocycles. The van der Waals surface area contributed by atoms with Crippen molar-refractivity contribution in [2.45, 2.75) is 32.7 Å². The van der Waals surface area contributed by atoms with Gasteiger partial charge in [0.15, 0.2) is 5.69 Å². The summed E-state index contributed by atoms with van der Waals surface area (Å²) in [4.78, 5) is 17.8. The molecule has 0 amide bonds. The highest BCUT2D eigenvalue weighted by molar-refractivity contribution is 5.86. The van der Waals surface area contributed by atoms with Gasteiger partial charge < -0.3 is 9.15 Å². The van der Waals surface area contributed by atoms with Gasteiger partial charge in [0.05, 0.1) is 13.2 Å². The Morgan fingerprint density at radius 1 is 1.47 bits per heavy atom. The van der Waals surface area contributed by atoms with Crippen LogP contribution in [0.5, 0.6) is 0 Å². The van der Waals surface area contributed by atoms with Gasteiger partial charge in [0.1, 0.15) is 6.26 Å². The molecule has 1 aromatic heterocycles. The Kier molecular flexibility index (Phi) is 4.14. The number of hydrogen-bond donors (Lipinski definition) is 0. The van der Waals surface area contributed by atoms with E-state index >= 15 is 0 Å². The van der Waals surface area contributed by atoms with Crippen LogP contribution in [0.25, 0.3) is 0 Å². The third kappa shape index (κ3) is 3.30. The van der Waals surface area contributed by atoms with Crippen LogP contribution in [0.4, 0.5) is 0 Å². The molecule has 1 aliphatic heterocycles. The molecule has 0 unspecified atom stereocenters. The number of carbonyl (C=O) groups excluding carboxylic acids is 1. The second-order valence-electron chi connectivity index (χ2n) is 4.18. The van der Waals surface area contributed by atoms with Crippen molar-refractivity contribution < 1.29 is 13.9 Å². The predicted molar refractivity (Wildman–Crippen MR) is 61.6 cm³/mol. The fraction of sp³-hybridized carbons (Fsp3) is 0.667. The molecule has 2 rings (SSSR count). The standard InChI is InChI=1S/C12H18N2O3/c1-2-16-12(15)10-9-17-11(13-10)8-14-6-4-3-5-7-14/h9H,2-8H2,1H3. The number of nitrogens with zero attached hydrogens (tertiary/aromatic N) is 2. The van der Waals surface area contributed by atoms with Crippen molar-refractivity contribution in [2.24, 2.45) is 0 Å². The first-order valence-corrected chi connectivity index (χ1v) is 6.13. The molecule has 1 aromatic rings. The largest absolute Gasteiger partial charge is 0.461 e. The first kappa shape index (κ1) is 12.1. The lowest BCUT2D eigenvalue weighted by Crippen LogP contribution is -2.29. The van der Waals surface area contributed by atoms with E-state index in [1.807, 2.05) is 0 Å². The van der Waals surface area contributed by atoms with Gasteiger partial charge in [-0.3, -0.25) is 4.90 Å². The van der Waals surface area contributed by atoms with Crippen LogP contribution in [0.3, 0.4) is 0 Å². The average Bonchev–Trinajstić information content (AvgIpc) is 2.79. The number of rotatable bonds is 4. The summed E-state index contributed by atoms with van der Waals surface area (Å²) in [5.74, 6) is 0.177. The summed E-state index contributed by atoms with van der Waals surface area (Å²) in [6, 6.07) is 0. The van der Waals surface area contributed by atoms with Crippen molar-refractivity contribution in [3.8, 4) is 0 Å². The van der Waals surface area contributed by atoms with Gasteiger partial charge in [-0.2, -0.15) is 0 Å². The summed E-state index contributed by atoms with van der Waals surface area (Å²) in [5.41, 5.74) is 0.263. The first-order valence-electron chi connectivity index (χ1n) is 6.13. The van der Waals surface area contributed by atoms with Crippen molar-refractivity contribution in [2.75, 3.05) is 19.7 Å². The van der Waals surface area contributed by atoms with Crippen LogP contribution in [0.1, 0.15) is 42.6 Å². The van der Waals surface area contributed by atoms with E-state index in [0.29, 0.717) is 19.0 Å². The van der Waals surface area contributed by atoms with E-state index in [4.69, 9.17) is 9.15 Å². The molecule has 5 heteroatoms. The Morgan fingerprint density at radius 3 is 2.94 bits per heavy atom. The van der Waals surface area contributed by atoms with Crippen LogP contribution < -0.4 is 0 Å². The molecule has 0 aliphatic carbocycles. The Labute approximate surface area is 101 Å². The molecule has 0 N–H and O–H groups in total. The Morgan fingerprint density at radius 2 is 2.24 bits per heavy atom. The summed E-state index contributed by atoms with van der Waals surface area (Å²) in [5, 5.41) is 0. The maximum atomic E-state index is 11.4. The van der Waals surface area contributed by atoms with E-state index in [1.165, 1.54) is 25.5 Å². The average molecular weight is 238 g/mol. The molecule has 0 atom stereocenters. The van der Waals surface area contributed by atoms with Gasteiger partial charge in [0.25, 0.3) is 0 Å². The van der Waals surface area contributed by atoms with Crippen LogP contribution in [0.2, 0.25) is 0 Å². The zero-order valence-corrected chi connectivity index (χ0v) is 10.1. The van der Waals surface area contributed by atoms with Crippen molar-refractivity contribution in [1.82, 2.24) is 9.88 Å². The lowest BCUT2D eigenvalue weighted by molar-refractivity contribution is 0.0519. The number of esters is 1. The second kappa shape index (κ2) is 5.82. The highest BCUT2D eigenvalue weighted by Gasteiger charge is 2.16. The molecule has 1 fully saturated rings. The normalized spacial score (nSPS) is 17.0. The maximum absolute atomic E-state index is 11.4. The van der Waals surface area contributed by atoms with Crippen LogP contribution in [0, 0.1) is 0 Å². The molecular weight excluding hydrogens is 220 g/mol. The van der Waals surface area contributed by atoms with E-state index in [2.05, 4.69) is 9.88 Å². The van der Waals surface area contributed by atoms with Crippen LogP contribution in [-0.2, 0) is 11.3 Å². The number of carbonyl (C=O) groups is 1. The van der Waals surface area contributed by atoms with E-state index in [9.17, 15) is 4.79 Å². The van der Waals surface area contributed by atoms with Gasteiger partial charge in [0, 0.05) is 0 Å². The number of piperidine rings is 1. The van der Waals surface area contributed by atoms with Crippen molar-refractivity contribution in [1.29, 1.82) is 0 Å². The molecule has 0 aromatic carbocycles. The highest BCUT2D eigenvalue weighted by Crippen LogP contribution is 2.13. The third-order valence-corrected chi connectivity index (χ3v) is 2.84. The Hall–Kier alpha value is -1.36. The number of hydrogen-bond acceptors (Lipinski definition) is 5. The lowest BCUT2D eigenvalue weighted by atomic mass is 10.1. The lowest BCUT2D eigenvalue weighted by Gasteiger charge is -2.24. The summed E-state index contributed by atoms with van der Waals surface area (Å²) in [6.45, 7) is 4.97. The molecule has 0 radical (unpaired) electrons. The maximum Gasteiger partial charge on any atom is 0.360 e. The minimum Gasteiger partial charge on any atom is -0.461 e. The molecule has 5 nitrogen and oxygen atoms in total. The van der Waals surface area contributed by atoms with E-state index in [1.54, 1.807) is 6.92 Å². The summed E-state index contributed by atoms with van der Waals surface area (Å²) < 4.78 is 10.1. The zero-order chi connectivity index (χ0) is 12.1. The van der Waals surface area contributed by atoms with E-state index < -0.39 is 5.97 Å². The van der Waals surface area contributed by atoms with Crippen LogP contribution in [0.15, 0.2) is 10.7 Å². The minimum atomic E-state index is -0.416. The Balaban J connectivity index is 1.91. The summed E-state index contributed by atoms with van der Waals surface area (Å²) in [6.07, 6.45) is 5.13. The molecule has 1 aliphatic rings. The molecule has 0 saturated carbocycles. The summed E-state index contributed by atoms with van der Waals surface area (Å²) in [7, 11) is 0. The quantitative estimate of drug-likeness (QED) is 0.749. The fourth-order valence-corrected chi connectivity index (χ4v) is 1.99. The van der Waals surface area contributed by atoms with Gasteiger partial charge in [-0.15, -0.1) is 0 Å². The number of ether oxygens (including phenoxy) is 1. The SMILES string of the molecule is CCOC(=O)c1coc(CN2CCCCC2)n1. The van der Waals surface area contributed by atoms with Crippen LogP contribution >= 0.6 is 0 Å². The molecule has 0 bridgehead atoms. The number of likely N-dealkylation sites (tertiary alicyclic amines) is 1.